The Morgan fingerprint density at radius 2 is 1.63 bits per heavy atom. The lowest BCUT2D eigenvalue weighted by atomic mass is 10.1. The number of unbranched alkanes of at least 4 members (excludes halogenated alkanes) is 3. The predicted octanol–water partition coefficient (Wildman–Crippen LogP) is 5.46. The molecule has 0 aliphatic carbocycles. The Labute approximate surface area is 168 Å². The monoisotopic (exact) mass is 381 g/mol. The first-order valence-electron chi connectivity index (χ1n) is 10.4. The van der Waals surface area contributed by atoms with Gasteiger partial charge < -0.3 is 10.2 Å². The van der Waals surface area contributed by atoms with E-state index in [1.54, 1.807) is 0 Å². The van der Waals surface area contributed by atoms with E-state index in [2.05, 4.69) is 70.6 Å². The Bertz CT molecular complexity index is 740. The molecule has 0 bridgehead atoms. The van der Waals surface area contributed by atoms with E-state index in [-0.39, 0.29) is 6.17 Å². The van der Waals surface area contributed by atoms with Gasteiger partial charge in [-0.1, -0.05) is 68.3 Å². The third kappa shape index (κ3) is 4.50. The minimum atomic E-state index is 0.264. The molecule has 2 aromatic rings. The second-order valence-corrected chi connectivity index (χ2v) is 8.70. The van der Waals surface area contributed by atoms with Crippen molar-refractivity contribution in [2.45, 2.75) is 48.6 Å². The summed E-state index contributed by atoms with van der Waals surface area (Å²) in [5, 5.41) is 3.85. The van der Waals surface area contributed by atoms with E-state index in [0.717, 1.165) is 13.1 Å². The number of rotatable bonds is 6. The van der Waals surface area contributed by atoms with Crippen molar-refractivity contribution < 1.29 is 0 Å². The molecule has 27 heavy (non-hydrogen) atoms. The molecule has 2 aliphatic heterocycles. The Morgan fingerprint density at radius 1 is 0.889 bits per heavy atom. The molecular formula is C23H31N3S. The lowest BCUT2D eigenvalue weighted by molar-refractivity contribution is 0.103. The van der Waals surface area contributed by atoms with Gasteiger partial charge in [0.15, 0.2) is 0 Å². The van der Waals surface area contributed by atoms with Crippen molar-refractivity contribution in [3.8, 4) is 0 Å². The lowest BCUT2D eigenvalue weighted by Gasteiger charge is -2.40. The summed E-state index contributed by atoms with van der Waals surface area (Å²) in [6.07, 6.45) is 5.68. The van der Waals surface area contributed by atoms with Crippen LogP contribution < -0.4 is 5.32 Å². The Kier molecular flexibility index (Phi) is 6.38. The summed E-state index contributed by atoms with van der Waals surface area (Å²) in [5.74, 6) is 0. The van der Waals surface area contributed by atoms with Crippen LogP contribution in [0.15, 0.2) is 58.3 Å². The summed E-state index contributed by atoms with van der Waals surface area (Å²) in [4.78, 5) is 7.98. The highest BCUT2D eigenvalue weighted by molar-refractivity contribution is 7.99. The summed E-state index contributed by atoms with van der Waals surface area (Å²) in [5.41, 5.74) is 2.67. The smallest absolute Gasteiger partial charge is 0.107 e. The van der Waals surface area contributed by atoms with Crippen molar-refractivity contribution in [1.82, 2.24) is 9.80 Å². The van der Waals surface area contributed by atoms with Crippen molar-refractivity contribution in [3.05, 3.63) is 54.1 Å². The standard InChI is InChI=1S/C23H31N3S/c1-2-3-4-9-14-25-15-17-26(18-16-25)23-19-10-5-7-12-21(19)27-22-13-8-6-11-20(22)24-23/h5-8,10-13,23-24H,2-4,9,14-18H2,1H3. The van der Waals surface area contributed by atoms with Crippen LogP contribution in [-0.2, 0) is 0 Å². The summed E-state index contributed by atoms with van der Waals surface area (Å²) < 4.78 is 0. The molecule has 1 unspecified atom stereocenters. The molecule has 4 rings (SSSR count). The maximum Gasteiger partial charge on any atom is 0.107 e. The van der Waals surface area contributed by atoms with Gasteiger partial charge in [-0.25, -0.2) is 0 Å². The Morgan fingerprint density at radius 3 is 2.44 bits per heavy atom. The van der Waals surface area contributed by atoms with Gasteiger partial charge in [-0.15, -0.1) is 0 Å². The molecule has 4 heteroatoms. The van der Waals surface area contributed by atoms with Gasteiger partial charge in [0.2, 0.25) is 0 Å². The van der Waals surface area contributed by atoms with E-state index in [4.69, 9.17) is 0 Å². The zero-order valence-corrected chi connectivity index (χ0v) is 17.2. The van der Waals surface area contributed by atoms with Crippen molar-refractivity contribution in [2.24, 2.45) is 0 Å². The Balaban J connectivity index is 1.45. The quantitative estimate of drug-likeness (QED) is 0.669. The highest BCUT2D eigenvalue weighted by Gasteiger charge is 2.29. The average molecular weight is 382 g/mol. The van der Waals surface area contributed by atoms with Crippen LogP contribution in [0, 0.1) is 0 Å². The molecule has 0 amide bonds. The van der Waals surface area contributed by atoms with Crippen molar-refractivity contribution in [3.63, 3.8) is 0 Å². The van der Waals surface area contributed by atoms with E-state index in [1.165, 1.54) is 66.4 Å². The molecule has 2 aromatic carbocycles. The maximum absolute atomic E-state index is 3.85. The molecule has 1 N–H and O–H groups in total. The number of nitrogens with zero attached hydrogens (tertiary/aromatic N) is 2. The second-order valence-electron chi connectivity index (χ2n) is 7.62. The van der Waals surface area contributed by atoms with E-state index in [9.17, 15) is 0 Å². The zero-order valence-electron chi connectivity index (χ0n) is 16.4. The fraction of sp³-hybridized carbons (Fsp3) is 0.478. The molecule has 0 spiro atoms. The second kappa shape index (κ2) is 9.13. The largest absolute Gasteiger partial charge is 0.365 e. The van der Waals surface area contributed by atoms with Crippen LogP contribution in [0.1, 0.15) is 44.3 Å². The average Bonchev–Trinajstić information content (AvgIpc) is 2.88. The van der Waals surface area contributed by atoms with Gasteiger partial charge in [-0.2, -0.15) is 0 Å². The third-order valence-corrected chi connectivity index (χ3v) is 6.88. The molecule has 0 saturated carbocycles. The number of para-hydroxylation sites is 1. The normalized spacial score (nSPS) is 20.4. The number of anilines is 1. The number of piperazine rings is 1. The van der Waals surface area contributed by atoms with Crippen molar-refractivity contribution in [1.29, 1.82) is 0 Å². The molecule has 0 aromatic heterocycles. The summed E-state index contributed by atoms with van der Waals surface area (Å²) in [7, 11) is 0. The molecule has 2 heterocycles. The minimum absolute atomic E-state index is 0.264. The molecule has 1 saturated heterocycles. The first kappa shape index (κ1) is 18.9. The maximum atomic E-state index is 3.85. The van der Waals surface area contributed by atoms with Gasteiger partial charge >= 0.3 is 0 Å². The minimum Gasteiger partial charge on any atom is -0.365 e. The molecular weight excluding hydrogens is 350 g/mol. The number of fused-ring (bicyclic) bond motifs is 2. The molecule has 0 radical (unpaired) electrons. The van der Waals surface area contributed by atoms with Crippen LogP contribution in [0.25, 0.3) is 0 Å². The van der Waals surface area contributed by atoms with Crippen molar-refractivity contribution >= 4 is 17.4 Å². The number of hydrogen-bond acceptors (Lipinski definition) is 4. The number of benzene rings is 2. The predicted molar refractivity (Wildman–Crippen MR) is 116 cm³/mol. The third-order valence-electron chi connectivity index (χ3n) is 5.71. The van der Waals surface area contributed by atoms with Gasteiger partial charge in [0.25, 0.3) is 0 Å². The van der Waals surface area contributed by atoms with E-state index in [1.807, 2.05) is 11.8 Å². The number of hydrogen-bond donors (Lipinski definition) is 1. The van der Waals surface area contributed by atoms with Crippen LogP contribution in [-0.4, -0.2) is 42.5 Å². The van der Waals surface area contributed by atoms with Crippen LogP contribution >= 0.6 is 11.8 Å². The van der Waals surface area contributed by atoms with Crippen LogP contribution in [0.3, 0.4) is 0 Å². The van der Waals surface area contributed by atoms with Gasteiger partial charge in [0, 0.05) is 47.2 Å². The summed E-state index contributed by atoms with van der Waals surface area (Å²) in [6, 6.07) is 17.6. The van der Waals surface area contributed by atoms with Crippen LogP contribution in [0.4, 0.5) is 5.69 Å². The van der Waals surface area contributed by atoms with Crippen LogP contribution in [0.5, 0.6) is 0 Å². The Hall–Kier alpha value is -1.49. The molecule has 1 fully saturated rings. The van der Waals surface area contributed by atoms with Gasteiger partial charge in [0.05, 0.1) is 0 Å². The molecule has 2 aliphatic rings. The lowest BCUT2D eigenvalue weighted by Crippen LogP contribution is -2.49. The highest BCUT2D eigenvalue weighted by atomic mass is 32.2. The van der Waals surface area contributed by atoms with E-state index in [0.29, 0.717) is 0 Å². The SMILES string of the molecule is CCCCCCN1CCN(C2Nc3ccccc3Sc3ccccc32)CC1. The highest BCUT2D eigenvalue weighted by Crippen LogP contribution is 2.43. The summed E-state index contributed by atoms with van der Waals surface area (Å²) in [6.45, 7) is 8.18. The number of nitrogens with one attached hydrogen (secondary N) is 1. The summed E-state index contributed by atoms with van der Waals surface area (Å²) >= 11 is 1.89. The first-order chi connectivity index (χ1) is 13.3. The van der Waals surface area contributed by atoms with Crippen LogP contribution in [0.2, 0.25) is 0 Å². The first-order valence-corrected chi connectivity index (χ1v) is 11.3. The topological polar surface area (TPSA) is 18.5 Å². The van der Waals surface area contributed by atoms with E-state index < -0.39 is 0 Å². The molecule has 1 atom stereocenters. The van der Waals surface area contributed by atoms with Gasteiger partial charge in [-0.05, 0) is 31.2 Å². The molecule has 144 valence electrons. The fourth-order valence-corrected chi connectivity index (χ4v) is 5.18. The molecule has 3 nitrogen and oxygen atoms in total. The van der Waals surface area contributed by atoms with Gasteiger partial charge in [-0.3, -0.25) is 4.90 Å². The fourth-order valence-electron chi connectivity index (χ4n) is 4.11. The zero-order chi connectivity index (χ0) is 18.5. The van der Waals surface area contributed by atoms with E-state index >= 15 is 0 Å². The van der Waals surface area contributed by atoms with Crippen molar-refractivity contribution in [2.75, 3.05) is 38.0 Å². The van der Waals surface area contributed by atoms with Gasteiger partial charge in [0.1, 0.15) is 6.17 Å².